The van der Waals surface area contributed by atoms with Gasteiger partial charge in [0.05, 0.1) is 28.2 Å². The molecule has 11 heteroatoms. The second-order valence-electron chi connectivity index (χ2n) is 11.3. The predicted molar refractivity (Wildman–Crippen MR) is 143 cm³/mol. The van der Waals surface area contributed by atoms with Crippen LogP contribution in [0, 0.1) is 12.3 Å². The number of hydrogen-bond donors (Lipinski definition) is 4. The first-order valence-corrected chi connectivity index (χ1v) is 13.7. The van der Waals surface area contributed by atoms with Crippen molar-refractivity contribution in [2.75, 3.05) is 13.1 Å². The van der Waals surface area contributed by atoms with Crippen molar-refractivity contribution in [1.29, 1.82) is 0 Å². The summed E-state index contributed by atoms with van der Waals surface area (Å²) in [6, 6.07) is 5.18. The van der Waals surface area contributed by atoms with Gasteiger partial charge in [0.25, 0.3) is 5.91 Å². The van der Waals surface area contributed by atoms with Crippen LogP contribution in [0.2, 0.25) is 0 Å². The lowest BCUT2D eigenvalue weighted by Crippen LogP contribution is -2.59. The van der Waals surface area contributed by atoms with Crippen molar-refractivity contribution in [3.05, 3.63) is 41.0 Å². The molecule has 2 heterocycles. The van der Waals surface area contributed by atoms with Crippen LogP contribution in [0.4, 0.5) is 4.39 Å². The molecule has 1 saturated heterocycles. The summed E-state index contributed by atoms with van der Waals surface area (Å²) in [7, 11) is 0. The Labute approximate surface area is 226 Å². The molecule has 4 atom stereocenters. The van der Waals surface area contributed by atoms with Gasteiger partial charge in [0.2, 0.25) is 11.8 Å². The van der Waals surface area contributed by atoms with Crippen LogP contribution in [0.5, 0.6) is 0 Å². The van der Waals surface area contributed by atoms with Crippen molar-refractivity contribution >= 4 is 29.1 Å². The first-order valence-electron chi connectivity index (χ1n) is 12.8. The number of thiazole rings is 1. The van der Waals surface area contributed by atoms with Gasteiger partial charge >= 0.3 is 0 Å². The fourth-order valence-electron chi connectivity index (χ4n) is 4.71. The third-order valence-corrected chi connectivity index (χ3v) is 8.20. The highest BCUT2D eigenvalue weighted by Gasteiger charge is 2.53. The Hall–Kier alpha value is -2.89. The lowest BCUT2D eigenvalue weighted by atomic mass is 9.85. The van der Waals surface area contributed by atoms with Crippen LogP contribution in [-0.2, 0) is 14.4 Å². The average Bonchev–Trinajstić information content (AvgIpc) is 3.28. The second-order valence-corrected chi connectivity index (χ2v) is 12.2. The minimum absolute atomic E-state index is 0.0519. The number of aliphatic hydroxyl groups excluding tert-OH is 1. The Morgan fingerprint density at radius 3 is 2.42 bits per heavy atom. The highest BCUT2D eigenvalue weighted by atomic mass is 32.1. The van der Waals surface area contributed by atoms with Crippen LogP contribution in [0.3, 0.4) is 0 Å². The number of carbonyl (C=O) groups excluding carboxylic acids is 3. The number of amides is 3. The number of hydrogen-bond acceptors (Lipinski definition) is 7. The third-order valence-electron chi connectivity index (χ3n) is 7.22. The lowest BCUT2D eigenvalue weighted by Gasteiger charge is -2.36. The van der Waals surface area contributed by atoms with Gasteiger partial charge in [0, 0.05) is 19.5 Å². The molecule has 2 fully saturated rings. The summed E-state index contributed by atoms with van der Waals surface area (Å²) in [5.74, 6) is -1.79. The largest absolute Gasteiger partial charge is 0.391 e. The van der Waals surface area contributed by atoms with Crippen LogP contribution < -0.4 is 16.4 Å². The van der Waals surface area contributed by atoms with E-state index in [1.807, 2.05) is 31.2 Å². The van der Waals surface area contributed by atoms with Crippen LogP contribution >= 0.6 is 11.3 Å². The number of benzene rings is 1. The van der Waals surface area contributed by atoms with Crippen molar-refractivity contribution in [3.8, 4) is 10.4 Å². The Kier molecular flexibility index (Phi) is 7.92. The minimum atomic E-state index is -1.94. The van der Waals surface area contributed by atoms with E-state index in [1.165, 1.54) is 4.90 Å². The number of nitrogens with one attached hydrogen (secondary N) is 2. The Morgan fingerprint density at radius 1 is 1.24 bits per heavy atom. The first kappa shape index (κ1) is 28.1. The SMILES string of the molecule is Cc1ncsc1-c1ccc([C@H](CN)NC(=O)C2C[C@@H](O)CN2C(=O)[C@H](NC(=O)C2(F)CC2)C(C)(C)C)cc1. The van der Waals surface area contributed by atoms with Crippen LogP contribution in [-0.4, -0.2) is 69.7 Å². The molecule has 1 aromatic carbocycles. The van der Waals surface area contributed by atoms with Gasteiger partial charge in [0.15, 0.2) is 5.67 Å². The zero-order valence-electron chi connectivity index (χ0n) is 22.2. The number of aryl methyl sites for hydroxylation is 1. The smallest absolute Gasteiger partial charge is 0.258 e. The Bertz CT molecular complexity index is 1190. The fourth-order valence-corrected chi connectivity index (χ4v) is 5.52. The van der Waals surface area contributed by atoms with Gasteiger partial charge in [-0.05, 0) is 36.3 Å². The molecule has 5 N–H and O–H groups in total. The summed E-state index contributed by atoms with van der Waals surface area (Å²) in [6.07, 6.45) is -0.595. The summed E-state index contributed by atoms with van der Waals surface area (Å²) in [5.41, 5.74) is 7.88. The number of aromatic nitrogens is 1. The summed E-state index contributed by atoms with van der Waals surface area (Å²) in [6.45, 7) is 7.30. The molecule has 2 aliphatic rings. The summed E-state index contributed by atoms with van der Waals surface area (Å²) < 4.78 is 14.4. The Morgan fingerprint density at radius 2 is 1.89 bits per heavy atom. The molecular weight excluding hydrogens is 509 g/mol. The topological polar surface area (TPSA) is 138 Å². The second kappa shape index (κ2) is 10.7. The number of alkyl halides is 1. The lowest BCUT2D eigenvalue weighted by molar-refractivity contribution is -0.145. The molecule has 4 rings (SSSR count). The van der Waals surface area contributed by atoms with Gasteiger partial charge in [-0.15, -0.1) is 11.3 Å². The normalized spacial score (nSPS) is 22.0. The van der Waals surface area contributed by atoms with Crippen molar-refractivity contribution in [3.63, 3.8) is 0 Å². The Balaban J connectivity index is 1.48. The molecule has 9 nitrogen and oxygen atoms in total. The van der Waals surface area contributed by atoms with Crippen molar-refractivity contribution in [2.24, 2.45) is 11.1 Å². The molecule has 0 bridgehead atoms. The molecule has 2 aromatic rings. The number of carbonyl (C=O) groups is 3. The number of rotatable bonds is 8. The molecule has 1 aliphatic carbocycles. The zero-order chi connectivity index (χ0) is 27.8. The van der Waals surface area contributed by atoms with Gasteiger partial charge in [0.1, 0.15) is 12.1 Å². The van der Waals surface area contributed by atoms with Crippen LogP contribution in [0.1, 0.15) is 57.3 Å². The van der Waals surface area contributed by atoms with E-state index >= 15 is 0 Å². The maximum Gasteiger partial charge on any atom is 0.258 e. The van der Waals surface area contributed by atoms with Crippen molar-refractivity contribution in [2.45, 2.75) is 76.9 Å². The van der Waals surface area contributed by atoms with Gasteiger partial charge in [-0.2, -0.15) is 0 Å². The molecular formula is C27H36FN5O4S. The fraction of sp³-hybridized carbons (Fsp3) is 0.556. The maximum atomic E-state index is 14.4. The number of aliphatic hydroxyl groups is 1. The van der Waals surface area contributed by atoms with E-state index in [0.29, 0.717) is 0 Å². The van der Waals surface area contributed by atoms with Crippen LogP contribution in [0.25, 0.3) is 10.4 Å². The van der Waals surface area contributed by atoms with E-state index in [1.54, 1.807) is 37.6 Å². The van der Waals surface area contributed by atoms with Gasteiger partial charge < -0.3 is 26.4 Å². The van der Waals surface area contributed by atoms with E-state index < -0.39 is 53.0 Å². The quantitative estimate of drug-likeness (QED) is 0.402. The predicted octanol–water partition coefficient (Wildman–Crippen LogP) is 2.23. The number of nitrogens with zero attached hydrogens (tertiary/aromatic N) is 2. The molecule has 0 radical (unpaired) electrons. The molecule has 206 valence electrons. The monoisotopic (exact) mass is 545 g/mol. The first-order chi connectivity index (χ1) is 17.8. The summed E-state index contributed by atoms with van der Waals surface area (Å²) in [4.78, 5) is 46.1. The maximum absolute atomic E-state index is 14.4. The molecule has 38 heavy (non-hydrogen) atoms. The zero-order valence-corrected chi connectivity index (χ0v) is 23.0. The number of nitrogens with two attached hydrogens (primary N) is 1. The molecule has 3 amide bonds. The van der Waals surface area contributed by atoms with E-state index in [2.05, 4.69) is 15.6 Å². The molecule has 0 spiro atoms. The van der Waals surface area contributed by atoms with Crippen molar-refractivity contribution < 1.29 is 23.9 Å². The summed E-state index contributed by atoms with van der Waals surface area (Å²) in [5, 5.41) is 15.9. The summed E-state index contributed by atoms with van der Waals surface area (Å²) >= 11 is 1.55. The molecule has 1 saturated carbocycles. The number of likely N-dealkylation sites (tertiary alicyclic amines) is 1. The third kappa shape index (κ3) is 5.89. The molecule has 1 unspecified atom stereocenters. The van der Waals surface area contributed by atoms with Gasteiger partial charge in [-0.25, -0.2) is 9.37 Å². The van der Waals surface area contributed by atoms with Crippen LogP contribution in [0.15, 0.2) is 29.8 Å². The number of β-amino-alcohol motifs (C(OH)–C–C–N with tert-alkyl or cyclic N) is 1. The minimum Gasteiger partial charge on any atom is -0.391 e. The van der Waals surface area contributed by atoms with E-state index in [9.17, 15) is 23.9 Å². The van der Waals surface area contributed by atoms with E-state index in [4.69, 9.17) is 5.73 Å². The van der Waals surface area contributed by atoms with Gasteiger partial charge in [-0.1, -0.05) is 45.0 Å². The molecule has 1 aromatic heterocycles. The van der Waals surface area contributed by atoms with E-state index in [0.717, 1.165) is 21.7 Å². The molecule has 1 aliphatic heterocycles. The standard InChI is InChI=1S/C27H36FN5O4S/c1-15-21(38-14-30-15)17-7-5-16(6-8-17)19(12-29)31-23(35)20-11-18(34)13-33(20)24(36)22(26(2,3)4)32-25(37)27(28)9-10-27/h5-8,14,18-20,22,34H,9-13,29H2,1-4H3,(H,31,35)(H,32,37)/t18-,19+,20?,22+/m1/s1. The van der Waals surface area contributed by atoms with E-state index in [-0.39, 0.29) is 32.4 Å². The highest BCUT2D eigenvalue weighted by Crippen LogP contribution is 2.40. The van der Waals surface area contributed by atoms with Gasteiger partial charge in [-0.3, -0.25) is 14.4 Å². The number of halogens is 1. The average molecular weight is 546 g/mol. The van der Waals surface area contributed by atoms with Crippen molar-refractivity contribution in [1.82, 2.24) is 20.5 Å². The highest BCUT2D eigenvalue weighted by molar-refractivity contribution is 7.13.